The van der Waals surface area contributed by atoms with E-state index in [1.165, 1.54) is 101 Å². The standard InChI is InChI=1S/C24H45N2.2HI/c1-4-6-13-23(14-7-5-2)25-17-8-9-18-26(3)19-22-12-10-11-21-15-16-24(21,22)20-26;;/h10-11,21-23,25H,4-9,12-20H2,1-3H3;2*1H/q+1;;/p-1. The van der Waals surface area contributed by atoms with Crippen LogP contribution < -0.4 is 53.3 Å². The van der Waals surface area contributed by atoms with E-state index in [4.69, 9.17) is 0 Å². The fraction of sp³-hybridized carbons (Fsp3) is 0.917. The monoisotopic (exact) mass is 616 g/mol. The summed E-state index contributed by atoms with van der Waals surface area (Å²) < 4.78 is 1.37. The molecule has 2 aliphatic carbocycles. The quantitative estimate of drug-likeness (QED) is 0.119. The molecular weight excluding hydrogens is 570 g/mol. The Morgan fingerprint density at radius 3 is 2.36 bits per heavy atom. The Bertz CT molecular complexity index is 462. The van der Waals surface area contributed by atoms with E-state index >= 15 is 0 Å². The minimum absolute atomic E-state index is 0. The van der Waals surface area contributed by atoms with Gasteiger partial charge in [-0.05, 0) is 50.9 Å². The smallest absolute Gasteiger partial charge is 0.0859 e. The highest BCUT2D eigenvalue weighted by Gasteiger charge is 2.61. The number of hydrogen-bond acceptors (Lipinski definition) is 0. The van der Waals surface area contributed by atoms with Crippen molar-refractivity contribution >= 4 is 0 Å². The molecule has 4 heteroatoms. The Morgan fingerprint density at radius 1 is 1.07 bits per heavy atom. The number of nitrogens with two attached hydrogens (primary N) is 1. The van der Waals surface area contributed by atoms with Crippen LogP contribution in [-0.4, -0.2) is 43.8 Å². The Morgan fingerprint density at radius 2 is 1.79 bits per heavy atom. The first-order valence-corrected chi connectivity index (χ1v) is 12.0. The minimum atomic E-state index is 0. The fourth-order valence-electron chi connectivity index (χ4n) is 6.48. The molecule has 0 aromatic heterocycles. The molecule has 0 radical (unpaired) electrons. The number of allylic oxidation sites excluding steroid dienone is 2. The maximum absolute atomic E-state index is 2.69. The second-order valence-corrected chi connectivity index (χ2v) is 10.2. The first kappa shape index (κ1) is 27.2. The molecule has 1 saturated heterocycles. The number of halogens is 2. The van der Waals surface area contributed by atoms with Gasteiger partial charge in [0.15, 0.2) is 0 Å². The van der Waals surface area contributed by atoms with Gasteiger partial charge in [0.25, 0.3) is 0 Å². The molecule has 4 unspecified atom stereocenters. The number of nitrogens with zero attached hydrogens (tertiary/aromatic N) is 1. The predicted octanol–water partition coefficient (Wildman–Crippen LogP) is -1.48. The van der Waals surface area contributed by atoms with Gasteiger partial charge < -0.3 is 57.8 Å². The Labute approximate surface area is 209 Å². The fourth-order valence-corrected chi connectivity index (χ4v) is 6.48. The zero-order chi connectivity index (χ0) is 18.5. The highest BCUT2D eigenvalue weighted by Crippen LogP contribution is 2.60. The lowest BCUT2D eigenvalue weighted by atomic mass is 9.53. The van der Waals surface area contributed by atoms with E-state index in [-0.39, 0.29) is 48.0 Å². The van der Waals surface area contributed by atoms with E-state index in [1.54, 1.807) is 0 Å². The molecule has 0 aromatic rings. The highest BCUT2D eigenvalue weighted by molar-refractivity contribution is 5.15. The van der Waals surface area contributed by atoms with Crippen LogP contribution in [0.3, 0.4) is 0 Å². The second-order valence-electron chi connectivity index (χ2n) is 10.2. The molecule has 1 saturated carbocycles. The second kappa shape index (κ2) is 12.8. The average Bonchev–Trinajstić information content (AvgIpc) is 2.94. The normalized spacial score (nSPS) is 32.9. The van der Waals surface area contributed by atoms with Crippen LogP contribution in [0.1, 0.15) is 84.5 Å². The van der Waals surface area contributed by atoms with Crippen LogP contribution in [0.2, 0.25) is 0 Å². The van der Waals surface area contributed by atoms with Crippen LogP contribution in [0.5, 0.6) is 0 Å². The van der Waals surface area contributed by atoms with E-state index in [2.05, 4.69) is 38.4 Å². The molecule has 2 fully saturated rings. The van der Waals surface area contributed by atoms with E-state index in [9.17, 15) is 0 Å². The molecule has 4 atom stereocenters. The molecule has 28 heavy (non-hydrogen) atoms. The van der Waals surface area contributed by atoms with Crippen molar-refractivity contribution in [1.29, 1.82) is 0 Å². The van der Waals surface area contributed by atoms with Gasteiger partial charge in [0.1, 0.15) is 0 Å². The maximum atomic E-state index is 2.69. The van der Waals surface area contributed by atoms with Crippen molar-refractivity contribution in [3.63, 3.8) is 0 Å². The summed E-state index contributed by atoms with van der Waals surface area (Å²) in [5.74, 6) is 1.93. The van der Waals surface area contributed by atoms with Crippen LogP contribution >= 0.6 is 0 Å². The number of quaternary nitrogens is 2. The first-order chi connectivity index (χ1) is 12.6. The third-order valence-electron chi connectivity index (χ3n) is 8.11. The molecule has 0 bridgehead atoms. The summed E-state index contributed by atoms with van der Waals surface area (Å²) >= 11 is 0. The highest BCUT2D eigenvalue weighted by atomic mass is 127. The zero-order valence-corrected chi connectivity index (χ0v) is 23.1. The lowest BCUT2D eigenvalue weighted by Crippen LogP contribution is -3.00. The maximum Gasteiger partial charge on any atom is 0.0859 e. The molecule has 0 amide bonds. The topological polar surface area (TPSA) is 16.6 Å². The van der Waals surface area contributed by atoms with Crippen molar-refractivity contribution < 1.29 is 57.8 Å². The van der Waals surface area contributed by atoms with Gasteiger partial charge in [-0.2, -0.15) is 0 Å². The minimum Gasteiger partial charge on any atom is -1.00 e. The van der Waals surface area contributed by atoms with E-state index < -0.39 is 0 Å². The van der Waals surface area contributed by atoms with Gasteiger partial charge in [0.05, 0.1) is 39.3 Å². The van der Waals surface area contributed by atoms with Gasteiger partial charge >= 0.3 is 0 Å². The molecule has 1 heterocycles. The van der Waals surface area contributed by atoms with E-state index in [1.807, 2.05) is 0 Å². The molecule has 2 N–H and O–H groups in total. The third kappa shape index (κ3) is 6.56. The van der Waals surface area contributed by atoms with E-state index in [0.29, 0.717) is 0 Å². The summed E-state index contributed by atoms with van der Waals surface area (Å²) in [6, 6.07) is 0.898. The van der Waals surface area contributed by atoms with Gasteiger partial charge in [-0.3, -0.25) is 0 Å². The van der Waals surface area contributed by atoms with Crippen molar-refractivity contribution in [2.45, 2.75) is 90.5 Å². The van der Waals surface area contributed by atoms with Crippen molar-refractivity contribution in [2.24, 2.45) is 17.3 Å². The SMILES string of the molecule is CCCCC(CCCC)[NH2+]CCCC[N+]1(C)CC2CC=CC3CCC32C1.[I-].[I-]. The summed E-state index contributed by atoms with van der Waals surface area (Å²) in [6.07, 6.45) is 20.7. The molecule has 2 nitrogen and oxygen atoms in total. The van der Waals surface area contributed by atoms with Crippen molar-refractivity contribution in [3.8, 4) is 0 Å². The number of rotatable bonds is 12. The largest absolute Gasteiger partial charge is 1.00 e. The summed E-state index contributed by atoms with van der Waals surface area (Å²) in [5.41, 5.74) is 0.723. The summed E-state index contributed by atoms with van der Waals surface area (Å²) in [4.78, 5) is 0. The van der Waals surface area contributed by atoms with E-state index in [0.717, 1.165) is 23.3 Å². The lowest BCUT2D eigenvalue weighted by molar-refractivity contribution is -0.902. The van der Waals surface area contributed by atoms with Gasteiger partial charge in [-0.15, -0.1) is 0 Å². The zero-order valence-electron chi connectivity index (χ0n) is 18.8. The third-order valence-corrected chi connectivity index (χ3v) is 8.11. The van der Waals surface area contributed by atoms with Gasteiger partial charge in [-0.1, -0.05) is 38.8 Å². The predicted molar refractivity (Wildman–Crippen MR) is 112 cm³/mol. The van der Waals surface area contributed by atoms with Crippen molar-refractivity contribution in [3.05, 3.63) is 12.2 Å². The number of hydrogen-bond donors (Lipinski definition) is 1. The molecule has 1 spiro atoms. The molecule has 3 rings (SSSR count). The summed E-state index contributed by atoms with van der Waals surface area (Å²) in [6.45, 7) is 10.4. The Hall–Kier alpha value is 1.12. The van der Waals surface area contributed by atoms with Crippen LogP contribution in [-0.2, 0) is 0 Å². The number of unbranched alkanes of at least 4 members (excludes halogenated alkanes) is 3. The molecule has 166 valence electrons. The van der Waals surface area contributed by atoms with Gasteiger partial charge in [-0.25, -0.2) is 0 Å². The molecule has 0 aromatic carbocycles. The first-order valence-electron chi connectivity index (χ1n) is 12.0. The molecular formula is C24H46I2N2. The molecule has 3 aliphatic rings. The Kier molecular flexibility index (Phi) is 12.5. The average molecular weight is 616 g/mol. The Balaban J connectivity index is 0.00000196. The van der Waals surface area contributed by atoms with Crippen molar-refractivity contribution in [2.75, 3.05) is 33.2 Å². The molecule has 1 aliphatic heterocycles. The summed E-state index contributed by atoms with van der Waals surface area (Å²) in [5, 5.41) is 2.69. The lowest BCUT2D eigenvalue weighted by Gasteiger charge is -2.50. The number of likely N-dealkylation sites (tertiary alicyclic amines) is 1. The van der Waals surface area contributed by atoms with Crippen LogP contribution in [0.15, 0.2) is 12.2 Å². The van der Waals surface area contributed by atoms with Crippen molar-refractivity contribution in [1.82, 2.24) is 0 Å². The summed E-state index contributed by atoms with van der Waals surface area (Å²) in [7, 11) is 2.57. The van der Waals surface area contributed by atoms with Crippen LogP contribution in [0.25, 0.3) is 0 Å². The van der Waals surface area contributed by atoms with Crippen LogP contribution in [0, 0.1) is 17.3 Å². The van der Waals surface area contributed by atoms with Crippen LogP contribution in [0.4, 0.5) is 0 Å². The van der Waals surface area contributed by atoms with Gasteiger partial charge in [0, 0.05) is 24.2 Å². The van der Waals surface area contributed by atoms with Gasteiger partial charge in [0.2, 0.25) is 0 Å².